The van der Waals surface area contributed by atoms with Crippen LogP contribution in [0.15, 0.2) is 60.7 Å². The first-order valence-electron chi connectivity index (χ1n) is 5.78. The lowest BCUT2D eigenvalue weighted by Gasteiger charge is -2.00. The maximum Gasteiger partial charge on any atom is 0.167 e. The molecule has 0 radical (unpaired) electrons. The van der Waals surface area contributed by atoms with Crippen LogP contribution in [0.3, 0.4) is 0 Å². The van der Waals surface area contributed by atoms with Gasteiger partial charge in [-0.1, -0.05) is 60.7 Å². The van der Waals surface area contributed by atoms with E-state index in [0.717, 1.165) is 0 Å². The van der Waals surface area contributed by atoms with Crippen LogP contribution in [-0.2, 0) is 6.37 Å². The number of hydrogen-bond donors (Lipinski definition) is 0. The van der Waals surface area contributed by atoms with Gasteiger partial charge in [0.05, 0.1) is 0 Å². The van der Waals surface area contributed by atoms with E-state index in [4.69, 9.17) is 2.74 Å². The normalized spacial score (nSPS) is 12.8. The summed E-state index contributed by atoms with van der Waals surface area (Å²) in [6, 6.07) is 17.0. The molecule has 0 N–H and O–H groups in total. The zero-order valence-electron chi connectivity index (χ0n) is 10.2. The Morgan fingerprint density at radius 2 is 1.47 bits per heavy atom. The number of carbonyl (C=O) groups excluding carboxylic acids is 1. The minimum Gasteiger partial charge on any atom is -0.294 e. The van der Waals surface area contributed by atoms with Crippen molar-refractivity contribution in [2.45, 2.75) is 6.37 Å². The first-order chi connectivity index (χ1) is 8.12. The second kappa shape index (κ2) is 4.56. The summed E-state index contributed by atoms with van der Waals surface area (Å²) in [6.45, 7) is 0. The van der Waals surface area contributed by atoms with Crippen molar-refractivity contribution >= 4 is 5.78 Å². The van der Waals surface area contributed by atoms with Gasteiger partial charge in [-0.2, -0.15) is 0 Å². The lowest BCUT2D eigenvalue weighted by atomic mass is 10.0. The van der Waals surface area contributed by atoms with Crippen LogP contribution in [-0.4, -0.2) is 5.78 Å². The second-order valence-electron chi connectivity index (χ2n) is 3.19. The van der Waals surface area contributed by atoms with E-state index in [-0.39, 0.29) is 0 Å². The summed E-state index contributed by atoms with van der Waals surface area (Å²) in [5.74, 6) is -0.510. The number of Topliss-reactive ketones (excluding diaryl/α,β-unsaturated/α-hetero) is 1. The molecule has 2 aromatic carbocycles. The molecule has 0 aromatic heterocycles. The maximum atomic E-state index is 12.1. The average Bonchev–Trinajstić information content (AvgIpc) is 2.40. The fourth-order valence-corrected chi connectivity index (χ4v) is 1.31. The molecule has 0 amide bonds. The van der Waals surface area contributed by atoms with E-state index >= 15 is 0 Å². The van der Waals surface area contributed by atoms with Gasteiger partial charge in [0.15, 0.2) is 5.78 Å². The monoisotopic (exact) mass is 198 g/mol. The Morgan fingerprint density at radius 3 is 2.07 bits per heavy atom. The summed E-state index contributed by atoms with van der Waals surface area (Å²) < 4.78 is 15.9. The van der Waals surface area contributed by atoms with Crippen molar-refractivity contribution in [3.05, 3.63) is 71.8 Å². The Bertz CT molecular complexity index is 506. The van der Waals surface area contributed by atoms with E-state index in [1.54, 1.807) is 60.7 Å². The summed E-state index contributed by atoms with van der Waals surface area (Å²) in [7, 11) is 0. The molecule has 0 bridgehead atoms. The van der Waals surface area contributed by atoms with Gasteiger partial charge in [0, 0.05) is 14.7 Å². The Balaban J connectivity index is 2.37. The molecule has 0 spiro atoms. The van der Waals surface area contributed by atoms with E-state index < -0.39 is 12.2 Å². The van der Waals surface area contributed by atoms with Gasteiger partial charge in [-0.3, -0.25) is 4.79 Å². The van der Waals surface area contributed by atoms with Crippen molar-refractivity contribution in [2.24, 2.45) is 0 Å². The topological polar surface area (TPSA) is 17.1 Å². The third-order valence-corrected chi connectivity index (χ3v) is 2.07. The van der Waals surface area contributed by atoms with Crippen LogP contribution in [0.2, 0.25) is 0 Å². The van der Waals surface area contributed by atoms with Crippen molar-refractivity contribution in [1.82, 2.24) is 0 Å². The van der Waals surface area contributed by atoms with E-state index in [0.29, 0.717) is 11.1 Å². The Morgan fingerprint density at radius 1 is 0.933 bits per heavy atom. The minimum atomic E-state index is -1.98. The molecule has 2 rings (SSSR count). The molecule has 0 fully saturated rings. The molecule has 0 aliphatic rings. The van der Waals surface area contributed by atoms with Crippen molar-refractivity contribution in [3.8, 4) is 0 Å². The molecule has 0 saturated carbocycles. The average molecular weight is 198 g/mol. The molecule has 0 atom stereocenters. The van der Waals surface area contributed by atoms with Crippen molar-refractivity contribution in [1.29, 1.82) is 0 Å². The minimum absolute atomic E-state index is 0.383. The number of rotatable bonds is 3. The summed E-state index contributed by atoms with van der Waals surface area (Å²) in [4.78, 5) is 12.1. The number of ketones is 1. The van der Waals surface area contributed by atoms with Crippen LogP contribution < -0.4 is 0 Å². The molecule has 0 aliphatic heterocycles. The standard InChI is InChI=1S/C14H12O/c15-14(13-9-5-2-6-10-13)11-12-7-3-1-4-8-12/h1-10H,11H2/i11D2. The SMILES string of the molecule is [2H]C([2H])(C(=O)c1ccccc1)c1ccccc1. The van der Waals surface area contributed by atoms with Gasteiger partial charge in [0.1, 0.15) is 0 Å². The summed E-state index contributed by atoms with van der Waals surface area (Å²) in [5.41, 5.74) is 0.773. The predicted molar refractivity (Wildman–Crippen MR) is 60.9 cm³/mol. The molecular formula is C14H12O. The maximum absolute atomic E-state index is 12.1. The fourth-order valence-electron chi connectivity index (χ4n) is 1.31. The molecule has 1 heteroatoms. The highest BCUT2D eigenvalue weighted by Crippen LogP contribution is 2.06. The fraction of sp³-hybridized carbons (Fsp3) is 0.0714. The lowest BCUT2D eigenvalue weighted by molar-refractivity contribution is 0.0993. The van der Waals surface area contributed by atoms with Crippen LogP contribution in [0.25, 0.3) is 0 Å². The first kappa shape index (κ1) is 7.41. The van der Waals surface area contributed by atoms with Gasteiger partial charge < -0.3 is 0 Å². The van der Waals surface area contributed by atoms with Crippen LogP contribution >= 0.6 is 0 Å². The molecule has 0 heterocycles. The van der Waals surface area contributed by atoms with Crippen molar-refractivity contribution in [2.75, 3.05) is 0 Å². The lowest BCUT2D eigenvalue weighted by Crippen LogP contribution is -2.02. The van der Waals surface area contributed by atoms with E-state index in [1.165, 1.54) is 0 Å². The third kappa shape index (κ3) is 2.53. The van der Waals surface area contributed by atoms with Gasteiger partial charge in [0.25, 0.3) is 0 Å². The van der Waals surface area contributed by atoms with Crippen molar-refractivity contribution < 1.29 is 7.54 Å². The molecule has 15 heavy (non-hydrogen) atoms. The third-order valence-electron chi connectivity index (χ3n) is 2.07. The quantitative estimate of drug-likeness (QED) is 0.692. The zero-order chi connectivity index (χ0) is 12.3. The highest BCUT2D eigenvalue weighted by molar-refractivity contribution is 5.97. The van der Waals surface area contributed by atoms with Gasteiger partial charge in [-0.25, -0.2) is 0 Å². The zero-order valence-corrected chi connectivity index (χ0v) is 8.18. The largest absolute Gasteiger partial charge is 0.294 e. The Hall–Kier alpha value is -1.89. The van der Waals surface area contributed by atoms with E-state index in [2.05, 4.69) is 0 Å². The van der Waals surface area contributed by atoms with Gasteiger partial charge in [0.2, 0.25) is 0 Å². The highest BCUT2D eigenvalue weighted by Gasteiger charge is 2.05. The van der Waals surface area contributed by atoms with Gasteiger partial charge in [-0.15, -0.1) is 0 Å². The van der Waals surface area contributed by atoms with E-state index in [1.807, 2.05) is 0 Å². The molecule has 2 aromatic rings. The summed E-state index contributed by atoms with van der Waals surface area (Å²) in [6.07, 6.45) is -1.98. The second-order valence-corrected chi connectivity index (χ2v) is 3.19. The van der Waals surface area contributed by atoms with Crippen molar-refractivity contribution in [3.63, 3.8) is 0 Å². The number of hydrogen-bond acceptors (Lipinski definition) is 1. The van der Waals surface area contributed by atoms with Crippen LogP contribution in [0, 0.1) is 0 Å². The highest BCUT2D eigenvalue weighted by atomic mass is 16.1. The molecule has 0 unspecified atom stereocenters. The van der Waals surface area contributed by atoms with Crippen LogP contribution in [0.1, 0.15) is 18.7 Å². The van der Waals surface area contributed by atoms with Crippen LogP contribution in [0.5, 0.6) is 0 Å². The smallest absolute Gasteiger partial charge is 0.167 e. The summed E-state index contributed by atoms with van der Waals surface area (Å²) >= 11 is 0. The summed E-state index contributed by atoms with van der Waals surface area (Å²) in [5, 5.41) is 0. The molecule has 0 aliphatic carbocycles. The van der Waals surface area contributed by atoms with Gasteiger partial charge >= 0.3 is 0 Å². The number of benzene rings is 2. The Labute approximate surface area is 92.2 Å². The van der Waals surface area contributed by atoms with Gasteiger partial charge in [-0.05, 0) is 5.56 Å². The Kier molecular flexibility index (Phi) is 2.25. The molecular weight excluding hydrogens is 184 g/mol. The molecule has 1 nitrogen and oxygen atoms in total. The molecule has 74 valence electrons. The van der Waals surface area contributed by atoms with E-state index in [9.17, 15) is 4.79 Å². The molecule has 0 saturated heterocycles. The number of carbonyl (C=O) groups is 1. The predicted octanol–water partition coefficient (Wildman–Crippen LogP) is 3.11. The van der Waals surface area contributed by atoms with Crippen LogP contribution in [0.4, 0.5) is 0 Å². The first-order valence-corrected chi connectivity index (χ1v) is 4.78.